The molecule has 1 fully saturated rings. The van der Waals surface area contributed by atoms with E-state index in [0.717, 1.165) is 6.26 Å². The largest absolute Gasteiger partial charge is 0.494 e. The first-order valence-corrected chi connectivity index (χ1v) is 9.48. The highest BCUT2D eigenvalue weighted by Crippen LogP contribution is 2.18. The average Bonchev–Trinajstić information content (AvgIpc) is 2.54. The van der Waals surface area contributed by atoms with Crippen molar-refractivity contribution >= 4 is 22.0 Å². The highest BCUT2D eigenvalue weighted by molar-refractivity contribution is 7.90. The molecule has 1 aromatic rings. The lowest BCUT2D eigenvalue weighted by Gasteiger charge is -2.38. The van der Waals surface area contributed by atoms with Gasteiger partial charge in [-0.2, -0.15) is 0 Å². The molecule has 0 radical (unpaired) electrons. The van der Waals surface area contributed by atoms with Gasteiger partial charge in [0.05, 0.1) is 17.5 Å². The number of carboxylic acid groups (broad SMARTS) is 2. The monoisotopic (exact) mass is 372 g/mol. The van der Waals surface area contributed by atoms with Crippen LogP contribution in [-0.2, 0) is 9.84 Å². The molecular formula is C15H20N2O7S. The first kappa shape index (κ1) is 18.8. The lowest BCUT2D eigenvalue weighted by Crippen LogP contribution is -2.56. The number of ether oxygens (including phenoxy) is 1. The first-order valence-electron chi connectivity index (χ1n) is 7.59. The van der Waals surface area contributed by atoms with Crippen LogP contribution in [0, 0.1) is 0 Å². The van der Waals surface area contributed by atoms with E-state index in [4.69, 9.17) is 9.84 Å². The third-order valence-electron chi connectivity index (χ3n) is 3.97. The number of benzene rings is 1. The van der Waals surface area contributed by atoms with Gasteiger partial charge in [0.2, 0.25) is 0 Å². The standard InChI is InChI=1S/C15H20N2O7S/c1-25(22,23)13-4-2-12(3-5-13)24-9-6-11-10-16(14(18)19)7-8-17(11)15(20)21/h2-5,11H,6-10H2,1H3,(H,18,19)(H,20,21)/t11-/m1/s1. The van der Waals surface area contributed by atoms with Crippen LogP contribution in [0.25, 0.3) is 0 Å². The molecule has 1 aliphatic rings. The topological polar surface area (TPSA) is 124 Å². The molecule has 25 heavy (non-hydrogen) atoms. The fourth-order valence-corrected chi connectivity index (χ4v) is 3.25. The summed E-state index contributed by atoms with van der Waals surface area (Å²) in [5.41, 5.74) is 0. The minimum atomic E-state index is -3.28. The molecule has 1 aliphatic heterocycles. The van der Waals surface area contributed by atoms with Gasteiger partial charge in [-0.25, -0.2) is 18.0 Å². The van der Waals surface area contributed by atoms with Crippen molar-refractivity contribution in [2.45, 2.75) is 17.4 Å². The van der Waals surface area contributed by atoms with E-state index < -0.39 is 28.1 Å². The highest BCUT2D eigenvalue weighted by atomic mass is 32.2. The predicted molar refractivity (Wildman–Crippen MR) is 87.8 cm³/mol. The Bertz CT molecular complexity index is 733. The van der Waals surface area contributed by atoms with Crippen molar-refractivity contribution in [3.05, 3.63) is 24.3 Å². The summed E-state index contributed by atoms with van der Waals surface area (Å²) in [6, 6.07) is 5.42. The molecule has 0 bridgehead atoms. The second-order valence-corrected chi connectivity index (χ2v) is 7.75. The summed E-state index contributed by atoms with van der Waals surface area (Å²) >= 11 is 0. The minimum Gasteiger partial charge on any atom is -0.494 e. The van der Waals surface area contributed by atoms with Crippen LogP contribution in [-0.4, -0.2) is 79.2 Å². The van der Waals surface area contributed by atoms with Crippen molar-refractivity contribution in [1.29, 1.82) is 0 Å². The summed E-state index contributed by atoms with van der Waals surface area (Å²) < 4.78 is 28.3. The number of hydrogen-bond acceptors (Lipinski definition) is 5. The molecular weight excluding hydrogens is 352 g/mol. The second kappa shape index (κ2) is 7.60. The highest BCUT2D eigenvalue weighted by Gasteiger charge is 2.32. The number of piperazine rings is 1. The smallest absolute Gasteiger partial charge is 0.407 e. The Balaban J connectivity index is 1.93. The van der Waals surface area contributed by atoms with Crippen LogP contribution in [0.1, 0.15) is 6.42 Å². The molecule has 2 rings (SSSR count). The molecule has 1 atom stereocenters. The Morgan fingerprint density at radius 1 is 1.16 bits per heavy atom. The summed E-state index contributed by atoms with van der Waals surface area (Å²) in [5, 5.41) is 18.3. The Morgan fingerprint density at radius 2 is 1.80 bits per heavy atom. The molecule has 0 spiro atoms. The SMILES string of the molecule is CS(=O)(=O)c1ccc(OCC[C@@H]2CN(C(=O)O)CCN2C(=O)O)cc1. The normalized spacial score (nSPS) is 18.0. The Labute approximate surface area is 145 Å². The number of amides is 2. The predicted octanol–water partition coefficient (Wildman–Crippen LogP) is 1.20. The van der Waals surface area contributed by atoms with Crippen molar-refractivity contribution in [3.8, 4) is 5.75 Å². The molecule has 2 N–H and O–H groups in total. The van der Waals surface area contributed by atoms with Gasteiger partial charge in [0.15, 0.2) is 9.84 Å². The van der Waals surface area contributed by atoms with Gasteiger partial charge >= 0.3 is 12.2 Å². The summed E-state index contributed by atoms with van der Waals surface area (Å²) in [6.07, 6.45) is -0.732. The van der Waals surface area contributed by atoms with Crippen molar-refractivity contribution < 1.29 is 33.0 Å². The lowest BCUT2D eigenvalue weighted by molar-refractivity contribution is 0.0562. The molecule has 1 aromatic carbocycles. The van der Waals surface area contributed by atoms with E-state index in [0.29, 0.717) is 12.2 Å². The van der Waals surface area contributed by atoms with E-state index in [2.05, 4.69) is 0 Å². The van der Waals surface area contributed by atoms with Gasteiger partial charge in [0.1, 0.15) is 5.75 Å². The number of sulfone groups is 1. The van der Waals surface area contributed by atoms with Crippen LogP contribution in [0.3, 0.4) is 0 Å². The van der Waals surface area contributed by atoms with Crippen molar-refractivity contribution in [3.63, 3.8) is 0 Å². The molecule has 0 aliphatic carbocycles. The van der Waals surface area contributed by atoms with Gasteiger partial charge in [-0.05, 0) is 24.3 Å². The minimum absolute atomic E-state index is 0.0952. The van der Waals surface area contributed by atoms with Crippen LogP contribution in [0.2, 0.25) is 0 Å². The second-order valence-electron chi connectivity index (χ2n) is 5.74. The molecule has 10 heteroatoms. The Morgan fingerprint density at radius 3 is 2.32 bits per heavy atom. The molecule has 0 aromatic heterocycles. The van der Waals surface area contributed by atoms with E-state index in [1.807, 2.05) is 0 Å². The van der Waals surface area contributed by atoms with Crippen molar-refractivity contribution in [2.24, 2.45) is 0 Å². The zero-order chi connectivity index (χ0) is 18.6. The molecule has 138 valence electrons. The molecule has 0 unspecified atom stereocenters. The zero-order valence-corrected chi connectivity index (χ0v) is 14.5. The maximum atomic E-state index is 11.4. The summed E-state index contributed by atoms with van der Waals surface area (Å²) in [6.45, 7) is 0.541. The Kier molecular flexibility index (Phi) is 5.73. The lowest BCUT2D eigenvalue weighted by atomic mass is 10.1. The molecule has 0 saturated carbocycles. The van der Waals surface area contributed by atoms with Crippen molar-refractivity contribution in [1.82, 2.24) is 9.80 Å². The first-order chi connectivity index (χ1) is 11.7. The number of nitrogens with zero attached hydrogens (tertiary/aromatic N) is 2. The maximum absolute atomic E-state index is 11.4. The zero-order valence-electron chi connectivity index (χ0n) is 13.7. The van der Waals surface area contributed by atoms with Crippen molar-refractivity contribution in [2.75, 3.05) is 32.5 Å². The van der Waals surface area contributed by atoms with E-state index >= 15 is 0 Å². The maximum Gasteiger partial charge on any atom is 0.407 e. The molecule has 1 heterocycles. The van der Waals surface area contributed by atoms with E-state index in [1.165, 1.54) is 34.1 Å². The van der Waals surface area contributed by atoms with Crippen LogP contribution >= 0.6 is 0 Å². The van der Waals surface area contributed by atoms with Crippen LogP contribution < -0.4 is 4.74 Å². The molecule has 2 amide bonds. The summed E-state index contributed by atoms with van der Waals surface area (Å²) in [7, 11) is -3.28. The van der Waals surface area contributed by atoms with Gasteiger partial charge < -0.3 is 24.7 Å². The number of carbonyl (C=O) groups is 2. The Hall–Kier alpha value is -2.49. The molecule has 1 saturated heterocycles. The number of hydrogen-bond donors (Lipinski definition) is 2. The van der Waals surface area contributed by atoms with Crippen LogP contribution in [0.4, 0.5) is 9.59 Å². The summed E-state index contributed by atoms with van der Waals surface area (Å²) in [5.74, 6) is 0.458. The van der Waals surface area contributed by atoms with Gasteiger partial charge in [-0.15, -0.1) is 0 Å². The average molecular weight is 372 g/mol. The van der Waals surface area contributed by atoms with Crippen LogP contribution in [0.15, 0.2) is 29.2 Å². The number of rotatable bonds is 5. The van der Waals surface area contributed by atoms with Crippen LogP contribution in [0.5, 0.6) is 5.75 Å². The summed E-state index contributed by atoms with van der Waals surface area (Å²) in [4.78, 5) is 24.9. The van der Waals surface area contributed by atoms with E-state index in [9.17, 15) is 23.1 Å². The third-order valence-corrected chi connectivity index (χ3v) is 5.10. The quantitative estimate of drug-likeness (QED) is 0.795. The fourth-order valence-electron chi connectivity index (χ4n) is 2.62. The van der Waals surface area contributed by atoms with Gasteiger partial charge in [-0.1, -0.05) is 0 Å². The van der Waals surface area contributed by atoms with Gasteiger partial charge in [0.25, 0.3) is 0 Å². The van der Waals surface area contributed by atoms with Gasteiger partial charge in [0, 0.05) is 32.3 Å². The van der Waals surface area contributed by atoms with E-state index in [-0.39, 0.29) is 31.1 Å². The third kappa shape index (κ3) is 4.99. The molecule has 9 nitrogen and oxygen atoms in total. The van der Waals surface area contributed by atoms with Gasteiger partial charge in [-0.3, -0.25) is 0 Å². The fraction of sp³-hybridized carbons (Fsp3) is 0.467. The van der Waals surface area contributed by atoms with E-state index in [1.54, 1.807) is 0 Å².